The Morgan fingerprint density at radius 3 is 2.79 bits per heavy atom. The van der Waals surface area contributed by atoms with Crippen molar-refractivity contribution < 1.29 is 18.7 Å². The van der Waals surface area contributed by atoms with E-state index in [-0.39, 0.29) is 5.56 Å². The number of amides is 2. The van der Waals surface area contributed by atoms with Gasteiger partial charge in [-0.1, -0.05) is 18.6 Å². The van der Waals surface area contributed by atoms with E-state index in [1.807, 2.05) is 0 Å². The summed E-state index contributed by atoms with van der Waals surface area (Å²) in [7, 11) is 0. The number of piperidine rings is 2. The lowest BCUT2D eigenvalue weighted by atomic mass is 9.84. The molecule has 6 heteroatoms. The molecule has 2 saturated heterocycles. The van der Waals surface area contributed by atoms with Crippen LogP contribution in [0.25, 0.3) is 0 Å². The van der Waals surface area contributed by atoms with Crippen molar-refractivity contribution in [2.45, 2.75) is 38.1 Å². The number of rotatable bonds is 3. The molecule has 0 bridgehead atoms. The zero-order valence-electron chi connectivity index (χ0n) is 13.7. The van der Waals surface area contributed by atoms with Crippen LogP contribution in [0.15, 0.2) is 24.3 Å². The fraction of sp³-hybridized carbons (Fsp3) is 0.556. The van der Waals surface area contributed by atoms with Crippen LogP contribution in [-0.4, -0.2) is 42.6 Å². The van der Waals surface area contributed by atoms with Gasteiger partial charge in [-0.25, -0.2) is 9.18 Å². The number of halogens is 1. The number of alkyl carbamates (subject to hydrolysis) is 1. The van der Waals surface area contributed by atoms with E-state index >= 15 is 0 Å². The van der Waals surface area contributed by atoms with Crippen LogP contribution in [0, 0.1) is 11.7 Å². The molecule has 2 amide bonds. The molecule has 1 aromatic rings. The van der Waals surface area contributed by atoms with Gasteiger partial charge in [-0.15, -0.1) is 0 Å². The Bertz CT molecular complexity index is 606. The summed E-state index contributed by atoms with van der Waals surface area (Å²) in [6, 6.07) is 6.02. The van der Waals surface area contributed by atoms with Gasteiger partial charge >= 0.3 is 6.09 Å². The Morgan fingerprint density at radius 2 is 1.96 bits per heavy atom. The van der Waals surface area contributed by atoms with E-state index in [1.54, 1.807) is 6.07 Å². The van der Waals surface area contributed by atoms with Gasteiger partial charge in [-0.2, -0.15) is 0 Å². The second-order valence-corrected chi connectivity index (χ2v) is 6.53. The molecule has 2 aliphatic rings. The molecule has 3 rings (SSSR count). The van der Waals surface area contributed by atoms with Crippen molar-refractivity contribution in [1.29, 1.82) is 0 Å². The van der Waals surface area contributed by atoms with Gasteiger partial charge in [-0.3, -0.25) is 15.0 Å². The molecule has 24 heavy (non-hydrogen) atoms. The third-order valence-corrected chi connectivity index (χ3v) is 4.99. The lowest BCUT2D eigenvalue weighted by Crippen LogP contribution is -2.49. The van der Waals surface area contributed by atoms with Gasteiger partial charge in [0, 0.05) is 12.0 Å². The number of fused-ring (bicyclic) bond motifs is 1. The molecule has 0 unspecified atom stereocenters. The number of carbonyl (C=O) groups excluding carboxylic acids is 2. The molecule has 0 spiro atoms. The summed E-state index contributed by atoms with van der Waals surface area (Å²) in [5, 5.41) is 2.09. The highest BCUT2D eigenvalue weighted by atomic mass is 19.1. The second-order valence-electron chi connectivity index (χ2n) is 6.53. The molecule has 1 aromatic carbocycles. The highest BCUT2D eigenvalue weighted by molar-refractivity contribution is 6.02. The molecule has 2 fully saturated rings. The van der Waals surface area contributed by atoms with E-state index in [1.165, 1.54) is 31.0 Å². The lowest BCUT2D eigenvalue weighted by molar-refractivity contribution is 0.0234. The molecule has 2 heterocycles. The molecule has 1 N–H and O–H groups in total. The fourth-order valence-electron chi connectivity index (χ4n) is 3.80. The highest BCUT2D eigenvalue weighted by Gasteiger charge is 2.33. The third kappa shape index (κ3) is 3.93. The minimum Gasteiger partial charge on any atom is -0.449 e. The molecular formula is C18H23FN2O3. The van der Waals surface area contributed by atoms with Crippen LogP contribution < -0.4 is 5.32 Å². The number of hydrogen-bond donors (Lipinski definition) is 1. The van der Waals surface area contributed by atoms with E-state index in [4.69, 9.17) is 4.74 Å². The van der Waals surface area contributed by atoms with E-state index in [0.29, 0.717) is 18.6 Å². The standard InChI is InChI=1S/C18H23FN2O3/c19-15-8-2-1-7-14(15)17(22)20-18(23)24-12-13-6-5-11-21-10-4-3-9-16(13)21/h1-2,7-8,13,16H,3-6,9-12H2,(H,20,22,23)/t13-,16-/m0/s1. The van der Waals surface area contributed by atoms with Crippen LogP contribution >= 0.6 is 0 Å². The van der Waals surface area contributed by atoms with Crippen molar-refractivity contribution in [3.05, 3.63) is 35.6 Å². The molecule has 0 aliphatic carbocycles. The number of carbonyl (C=O) groups is 2. The normalized spacial score (nSPS) is 24.0. The molecule has 130 valence electrons. The average molecular weight is 334 g/mol. The first-order chi connectivity index (χ1) is 11.6. The van der Waals surface area contributed by atoms with E-state index in [0.717, 1.165) is 32.4 Å². The van der Waals surface area contributed by atoms with Gasteiger partial charge in [0.1, 0.15) is 5.82 Å². The van der Waals surface area contributed by atoms with Crippen molar-refractivity contribution in [2.75, 3.05) is 19.7 Å². The maximum atomic E-state index is 13.5. The summed E-state index contributed by atoms with van der Waals surface area (Å²) in [6.07, 6.45) is 4.94. The SMILES string of the molecule is O=C(NC(=O)c1ccccc1F)OC[C@@H]1CCCN2CCCC[C@@H]12. The van der Waals surface area contributed by atoms with Crippen molar-refractivity contribution in [2.24, 2.45) is 5.92 Å². The van der Waals surface area contributed by atoms with Gasteiger partial charge in [-0.05, 0) is 50.9 Å². The molecule has 2 atom stereocenters. The minimum atomic E-state index is -0.809. The van der Waals surface area contributed by atoms with Gasteiger partial charge in [0.15, 0.2) is 0 Å². The molecule has 5 nitrogen and oxygen atoms in total. The fourth-order valence-corrected chi connectivity index (χ4v) is 3.80. The smallest absolute Gasteiger partial charge is 0.414 e. The quantitative estimate of drug-likeness (QED) is 0.923. The summed E-state index contributed by atoms with van der Waals surface area (Å²) in [5.74, 6) is -1.12. The number of ether oxygens (including phenoxy) is 1. The Hall–Kier alpha value is -1.95. The Kier molecular flexibility index (Phi) is 5.45. The van der Waals surface area contributed by atoms with Crippen molar-refractivity contribution in [3.63, 3.8) is 0 Å². The minimum absolute atomic E-state index is 0.162. The Labute approximate surface area is 141 Å². The Balaban J connectivity index is 1.50. The van der Waals surface area contributed by atoms with Crippen LogP contribution in [0.2, 0.25) is 0 Å². The molecule has 0 radical (unpaired) electrons. The van der Waals surface area contributed by atoms with Crippen LogP contribution in [-0.2, 0) is 4.74 Å². The molecule has 0 saturated carbocycles. The van der Waals surface area contributed by atoms with Crippen LogP contribution in [0.3, 0.4) is 0 Å². The topological polar surface area (TPSA) is 58.6 Å². The first-order valence-corrected chi connectivity index (χ1v) is 8.62. The summed E-state index contributed by atoms with van der Waals surface area (Å²) in [5.41, 5.74) is -0.162. The maximum Gasteiger partial charge on any atom is 0.414 e. The van der Waals surface area contributed by atoms with Gasteiger partial charge in [0.2, 0.25) is 0 Å². The predicted octanol–water partition coefficient (Wildman–Crippen LogP) is 2.96. The van der Waals surface area contributed by atoms with Crippen molar-refractivity contribution >= 4 is 12.0 Å². The number of nitrogens with zero attached hydrogens (tertiary/aromatic N) is 1. The largest absolute Gasteiger partial charge is 0.449 e. The van der Waals surface area contributed by atoms with Gasteiger partial charge in [0.25, 0.3) is 5.91 Å². The van der Waals surface area contributed by atoms with Gasteiger partial charge < -0.3 is 4.74 Å². The number of nitrogens with one attached hydrogen (secondary N) is 1. The monoisotopic (exact) mass is 334 g/mol. The zero-order valence-corrected chi connectivity index (χ0v) is 13.7. The maximum absolute atomic E-state index is 13.5. The van der Waals surface area contributed by atoms with Crippen molar-refractivity contribution in [1.82, 2.24) is 10.2 Å². The summed E-state index contributed by atoms with van der Waals surface area (Å²) < 4.78 is 18.8. The average Bonchev–Trinajstić information content (AvgIpc) is 2.60. The molecule has 0 aromatic heterocycles. The third-order valence-electron chi connectivity index (χ3n) is 4.99. The van der Waals surface area contributed by atoms with E-state index < -0.39 is 17.8 Å². The lowest BCUT2D eigenvalue weighted by Gasteiger charge is -2.44. The van der Waals surface area contributed by atoms with E-state index in [2.05, 4.69) is 10.2 Å². The zero-order chi connectivity index (χ0) is 16.9. The summed E-state index contributed by atoms with van der Waals surface area (Å²) in [4.78, 5) is 26.2. The first-order valence-electron chi connectivity index (χ1n) is 8.62. The second kappa shape index (κ2) is 7.75. The van der Waals surface area contributed by atoms with Crippen molar-refractivity contribution in [3.8, 4) is 0 Å². The number of imide groups is 1. The first kappa shape index (κ1) is 16.9. The van der Waals surface area contributed by atoms with Crippen LogP contribution in [0.5, 0.6) is 0 Å². The van der Waals surface area contributed by atoms with E-state index in [9.17, 15) is 14.0 Å². The van der Waals surface area contributed by atoms with Crippen LogP contribution in [0.1, 0.15) is 42.5 Å². The summed E-state index contributed by atoms with van der Waals surface area (Å²) >= 11 is 0. The molecular weight excluding hydrogens is 311 g/mol. The molecule has 2 aliphatic heterocycles. The number of hydrogen-bond acceptors (Lipinski definition) is 4. The predicted molar refractivity (Wildman–Crippen MR) is 87.2 cm³/mol. The Morgan fingerprint density at radius 1 is 1.17 bits per heavy atom. The summed E-state index contributed by atoms with van der Waals surface area (Å²) in [6.45, 7) is 2.55. The highest BCUT2D eigenvalue weighted by Crippen LogP contribution is 2.30. The van der Waals surface area contributed by atoms with Crippen LogP contribution in [0.4, 0.5) is 9.18 Å². The number of benzene rings is 1. The van der Waals surface area contributed by atoms with Gasteiger partial charge in [0.05, 0.1) is 12.2 Å².